The van der Waals surface area contributed by atoms with Crippen LogP contribution in [0.15, 0.2) is 17.5 Å². The summed E-state index contributed by atoms with van der Waals surface area (Å²) in [5, 5.41) is 5.79. The molecule has 2 nitrogen and oxygen atoms in total. The van der Waals surface area contributed by atoms with E-state index >= 15 is 0 Å². The summed E-state index contributed by atoms with van der Waals surface area (Å²) in [6.45, 7) is 3.56. The van der Waals surface area contributed by atoms with Gasteiger partial charge in [0.2, 0.25) is 0 Å². The molecule has 3 heteroatoms. The van der Waals surface area contributed by atoms with Crippen molar-refractivity contribution >= 4 is 11.3 Å². The Bertz CT molecular complexity index is 315. The van der Waals surface area contributed by atoms with Crippen LogP contribution in [-0.2, 0) is 6.54 Å². The summed E-state index contributed by atoms with van der Waals surface area (Å²) in [6, 6.07) is 6.15. The van der Waals surface area contributed by atoms with Crippen molar-refractivity contribution in [2.24, 2.45) is 0 Å². The fourth-order valence-corrected chi connectivity index (χ4v) is 2.86. The second kappa shape index (κ2) is 4.86. The standard InChI is InChI=1S/C13H20N2S/c1-2-13(16-9-1)10-15(12-5-6-12)8-7-14-11-3-4-11/h1-2,9,11-12,14H,3-8,10H2. The molecule has 1 heterocycles. The summed E-state index contributed by atoms with van der Waals surface area (Å²) in [6.07, 6.45) is 5.62. The van der Waals surface area contributed by atoms with Gasteiger partial charge in [0, 0.05) is 36.6 Å². The minimum Gasteiger partial charge on any atom is -0.313 e. The van der Waals surface area contributed by atoms with Crippen molar-refractivity contribution in [1.82, 2.24) is 10.2 Å². The first-order valence-electron chi connectivity index (χ1n) is 6.41. The molecule has 2 aliphatic carbocycles. The molecular weight excluding hydrogens is 216 g/mol. The first-order chi connectivity index (χ1) is 7.92. The van der Waals surface area contributed by atoms with E-state index in [-0.39, 0.29) is 0 Å². The Morgan fingerprint density at radius 2 is 2.19 bits per heavy atom. The predicted octanol–water partition coefficient (Wildman–Crippen LogP) is 2.46. The summed E-state index contributed by atoms with van der Waals surface area (Å²) >= 11 is 1.89. The Balaban J connectivity index is 1.46. The van der Waals surface area contributed by atoms with Crippen LogP contribution in [0.1, 0.15) is 30.6 Å². The van der Waals surface area contributed by atoms with Gasteiger partial charge in [-0.05, 0) is 37.1 Å². The third kappa shape index (κ3) is 3.06. The first-order valence-corrected chi connectivity index (χ1v) is 7.29. The van der Waals surface area contributed by atoms with Gasteiger partial charge < -0.3 is 5.32 Å². The highest BCUT2D eigenvalue weighted by Gasteiger charge is 2.29. The number of thiophene rings is 1. The zero-order valence-electron chi connectivity index (χ0n) is 9.69. The van der Waals surface area contributed by atoms with Crippen molar-refractivity contribution in [3.05, 3.63) is 22.4 Å². The van der Waals surface area contributed by atoms with E-state index in [1.807, 2.05) is 11.3 Å². The zero-order valence-corrected chi connectivity index (χ0v) is 10.5. The van der Waals surface area contributed by atoms with Gasteiger partial charge in [-0.25, -0.2) is 0 Å². The Hall–Kier alpha value is -0.380. The molecule has 2 aliphatic rings. The maximum absolute atomic E-state index is 3.61. The maximum atomic E-state index is 3.61. The second-order valence-electron chi connectivity index (χ2n) is 5.01. The average Bonchev–Trinajstić information content (AvgIpc) is 3.19. The third-order valence-corrected chi connectivity index (χ3v) is 4.27. The Morgan fingerprint density at radius 1 is 1.31 bits per heavy atom. The van der Waals surface area contributed by atoms with Crippen LogP contribution in [0.3, 0.4) is 0 Å². The van der Waals surface area contributed by atoms with E-state index < -0.39 is 0 Å². The molecule has 1 N–H and O–H groups in total. The van der Waals surface area contributed by atoms with Gasteiger partial charge in [-0.3, -0.25) is 4.90 Å². The van der Waals surface area contributed by atoms with Crippen molar-refractivity contribution < 1.29 is 0 Å². The molecule has 3 rings (SSSR count). The highest BCUT2D eigenvalue weighted by Crippen LogP contribution is 2.28. The van der Waals surface area contributed by atoms with E-state index in [2.05, 4.69) is 27.7 Å². The van der Waals surface area contributed by atoms with Gasteiger partial charge in [-0.15, -0.1) is 11.3 Å². The number of nitrogens with zero attached hydrogens (tertiary/aromatic N) is 1. The zero-order chi connectivity index (χ0) is 10.8. The summed E-state index contributed by atoms with van der Waals surface area (Å²) < 4.78 is 0. The SMILES string of the molecule is c1csc(CN(CCNC2CC2)C2CC2)c1. The van der Waals surface area contributed by atoms with Gasteiger partial charge in [-0.2, -0.15) is 0 Å². The van der Waals surface area contributed by atoms with E-state index in [0.29, 0.717) is 0 Å². The maximum Gasteiger partial charge on any atom is 0.0331 e. The van der Waals surface area contributed by atoms with Crippen molar-refractivity contribution in [2.75, 3.05) is 13.1 Å². The van der Waals surface area contributed by atoms with E-state index in [0.717, 1.165) is 18.6 Å². The molecule has 16 heavy (non-hydrogen) atoms. The fourth-order valence-electron chi connectivity index (χ4n) is 2.13. The quantitative estimate of drug-likeness (QED) is 0.782. The number of nitrogens with one attached hydrogen (secondary N) is 1. The van der Waals surface area contributed by atoms with Crippen molar-refractivity contribution in [1.29, 1.82) is 0 Å². The molecule has 88 valence electrons. The van der Waals surface area contributed by atoms with Crippen LogP contribution in [0.5, 0.6) is 0 Å². The van der Waals surface area contributed by atoms with Gasteiger partial charge in [0.25, 0.3) is 0 Å². The molecule has 0 bridgehead atoms. The average molecular weight is 236 g/mol. The normalized spacial score (nSPS) is 20.6. The Morgan fingerprint density at radius 3 is 2.81 bits per heavy atom. The van der Waals surface area contributed by atoms with Crippen LogP contribution >= 0.6 is 11.3 Å². The summed E-state index contributed by atoms with van der Waals surface area (Å²) in [5.74, 6) is 0. The number of rotatable bonds is 7. The molecule has 0 aliphatic heterocycles. The highest BCUT2D eigenvalue weighted by atomic mass is 32.1. The molecule has 0 radical (unpaired) electrons. The first kappa shape index (κ1) is 10.8. The van der Waals surface area contributed by atoms with Crippen molar-refractivity contribution in [3.63, 3.8) is 0 Å². The van der Waals surface area contributed by atoms with E-state index in [9.17, 15) is 0 Å². The summed E-state index contributed by atoms with van der Waals surface area (Å²) in [5.41, 5.74) is 0. The van der Waals surface area contributed by atoms with Crippen LogP contribution in [0, 0.1) is 0 Å². The topological polar surface area (TPSA) is 15.3 Å². The smallest absolute Gasteiger partial charge is 0.0331 e. The molecule has 0 saturated heterocycles. The van der Waals surface area contributed by atoms with Gasteiger partial charge in [0.1, 0.15) is 0 Å². The van der Waals surface area contributed by atoms with Gasteiger partial charge in [0.15, 0.2) is 0 Å². The Labute approximate surface area is 102 Å². The summed E-state index contributed by atoms with van der Waals surface area (Å²) in [7, 11) is 0. The van der Waals surface area contributed by atoms with Crippen LogP contribution in [-0.4, -0.2) is 30.1 Å². The van der Waals surface area contributed by atoms with Crippen LogP contribution in [0.4, 0.5) is 0 Å². The van der Waals surface area contributed by atoms with Crippen LogP contribution < -0.4 is 5.32 Å². The lowest BCUT2D eigenvalue weighted by atomic mass is 10.4. The molecule has 0 aromatic carbocycles. The molecule has 0 spiro atoms. The van der Waals surface area contributed by atoms with E-state index in [1.165, 1.54) is 43.6 Å². The lowest BCUT2D eigenvalue weighted by Crippen LogP contribution is -2.33. The van der Waals surface area contributed by atoms with E-state index in [1.54, 1.807) is 0 Å². The molecule has 1 aromatic heterocycles. The monoisotopic (exact) mass is 236 g/mol. The van der Waals surface area contributed by atoms with E-state index in [4.69, 9.17) is 0 Å². The molecule has 2 saturated carbocycles. The summed E-state index contributed by atoms with van der Waals surface area (Å²) in [4.78, 5) is 4.17. The molecule has 1 aromatic rings. The molecular formula is C13H20N2S. The molecule has 0 unspecified atom stereocenters. The Kier molecular flexibility index (Phi) is 3.27. The predicted molar refractivity (Wildman–Crippen MR) is 68.8 cm³/mol. The minimum absolute atomic E-state index is 0.850. The third-order valence-electron chi connectivity index (χ3n) is 3.41. The molecule has 0 atom stereocenters. The lowest BCUT2D eigenvalue weighted by Gasteiger charge is -2.21. The van der Waals surface area contributed by atoms with Crippen LogP contribution in [0.2, 0.25) is 0 Å². The highest BCUT2D eigenvalue weighted by molar-refractivity contribution is 7.09. The van der Waals surface area contributed by atoms with Crippen LogP contribution in [0.25, 0.3) is 0 Å². The van der Waals surface area contributed by atoms with Gasteiger partial charge in [0.05, 0.1) is 0 Å². The minimum atomic E-state index is 0.850. The number of hydrogen-bond donors (Lipinski definition) is 1. The second-order valence-corrected chi connectivity index (χ2v) is 6.04. The van der Waals surface area contributed by atoms with Gasteiger partial charge >= 0.3 is 0 Å². The fraction of sp³-hybridized carbons (Fsp3) is 0.692. The largest absolute Gasteiger partial charge is 0.313 e. The van der Waals surface area contributed by atoms with Crippen molar-refractivity contribution in [2.45, 2.75) is 44.3 Å². The molecule has 0 amide bonds. The number of hydrogen-bond acceptors (Lipinski definition) is 3. The lowest BCUT2D eigenvalue weighted by molar-refractivity contribution is 0.256. The molecule has 2 fully saturated rings. The van der Waals surface area contributed by atoms with Gasteiger partial charge in [-0.1, -0.05) is 6.07 Å². The van der Waals surface area contributed by atoms with Crippen molar-refractivity contribution in [3.8, 4) is 0 Å².